The average molecular weight is 266 g/mol. The second-order valence-electron chi connectivity index (χ2n) is 7.09. The molecule has 0 aromatic heterocycles. The van der Waals surface area contributed by atoms with E-state index in [4.69, 9.17) is 9.47 Å². The van der Waals surface area contributed by atoms with Gasteiger partial charge in [0, 0.05) is 5.92 Å². The summed E-state index contributed by atoms with van der Waals surface area (Å²) >= 11 is 0. The Morgan fingerprint density at radius 3 is 2.11 bits per heavy atom. The molecule has 19 heavy (non-hydrogen) atoms. The minimum Gasteiger partial charge on any atom is -0.363 e. The minimum atomic E-state index is -0.951. The first kappa shape index (κ1) is 12.6. The Labute approximate surface area is 115 Å². The number of hydrogen-bond donors (Lipinski definition) is 1. The van der Waals surface area contributed by atoms with Crippen LogP contribution in [0.15, 0.2) is 0 Å². The molecule has 4 fully saturated rings. The number of ether oxygens (including phenoxy) is 2. The van der Waals surface area contributed by atoms with Crippen molar-refractivity contribution in [1.82, 2.24) is 0 Å². The SMILES string of the molecule is O[C@@]1(C2CCCCC2)O[C@@H](C2CCCCC2)[C@H]2O[C@H]21. The van der Waals surface area contributed by atoms with Crippen molar-refractivity contribution >= 4 is 0 Å². The highest BCUT2D eigenvalue weighted by Gasteiger charge is 2.69. The fraction of sp³-hybridized carbons (Fsp3) is 1.00. The molecule has 2 heterocycles. The van der Waals surface area contributed by atoms with Gasteiger partial charge in [0.25, 0.3) is 0 Å². The van der Waals surface area contributed by atoms with E-state index in [2.05, 4.69) is 0 Å². The van der Waals surface area contributed by atoms with E-state index in [9.17, 15) is 5.11 Å². The van der Waals surface area contributed by atoms with Crippen LogP contribution in [-0.4, -0.2) is 29.2 Å². The molecule has 4 atom stereocenters. The standard InChI is InChI=1S/C16H26O3/c17-16(12-9-5-2-6-10-12)15-14(18-15)13(19-16)11-7-3-1-4-8-11/h11-15,17H,1-10H2/t13-,14+,15+,16-/m0/s1. The van der Waals surface area contributed by atoms with Gasteiger partial charge in [-0.1, -0.05) is 38.5 Å². The third-order valence-electron chi connectivity index (χ3n) is 5.89. The summed E-state index contributed by atoms with van der Waals surface area (Å²) in [7, 11) is 0. The van der Waals surface area contributed by atoms with Crippen molar-refractivity contribution < 1.29 is 14.6 Å². The zero-order valence-electron chi connectivity index (χ0n) is 11.7. The molecule has 0 spiro atoms. The van der Waals surface area contributed by atoms with Crippen LogP contribution in [0.4, 0.5) is 0 Å². The molecule has 0 aromatic rings. The van der Waals surface area contributed by atoms with Crippen LogP contribution in [0.1, 0.15) is 64.2 Å². The molecule has 1 N–H and O–H groups in total. The third kappa shape index (κ3) is 2.05. The fourth-order valence-corrected chi connectivity index (χ4v) is 4.73. The molecule has 2 saturated carbocycles. The molecule has 0 aromatic carbocycles. The van der Waals surface area contributed by atoms with Crippen molar-refractivity contribution in [3.63, 3.8) is 0 Å². The van der Waals surface area contributed by atoms with Gasteiger partial charge in [-0.15, -0.1) is 0 Å². The highest BCUT2D eigenvalue weighted by molar-refractivity contribution is 5.11. The molecule has 4 aliphatic rings. The van der Waals surface area contributed by atoms with Gasteiger partial charge in [-0.05, 0) is 31.6 Å². The Kier molecular flexibility index (Phi) is 3.13. The van der Waals surface area contributed by atoms with Gasteiger partial charge in [0.05, 0.1) is 6.10 Å². The fourth-order valence-electron chi connectivity index (χ4n) is 4.73. The predicted octanol–water partition coefficient (Wildman–Crippen LogP) is 3.00. The van der Waals surface area contributed by atoms with Crippen LogP contribution in [-0.2, 0) is 9.47 Å². The Bertz CT molecular complexity index is 333. The Hall–Kier alpha value is -0.120. The van der Waals surface area contributed by atoms with Crippen LogP contribution in [0.25, 0.3) is 0 Å². The number of hydrogen-bond acceptors (Lipinski definition) is 3. The first-order chi connectivity index (χ1) is 9.29. The Morgan fingerprint density at radius 1 is 0.789 bits per heavy atom. The molecule has 0 radical (unpaired) electrons. The van der Waals surface area contributed by atoms with Crippen molar-refractivity contribution in [2.45, 2.75) is 88.3 Å². The van der Waals surface area contributed by atoms with Gasteiger partial charge in [0.1, 0.15) is 12.2 Å². The van der Waals surface area contributed by atoms with Crippen LogP contribution >= 0.6 is 0 Å². The molecule has 0 bridgehead atoms. The van der Waals surface area contributed by atoms with Crippen molar-refractivity contribution in [2.24, 2.45) is 11.8 Å². The zero-order chi connectivity index (χ0) is 12.9. The van der Waals surface area contributed by atoms with E-state index in [0.717, 1.165) is 12.8 Å². The molecule has 4 rings (SSSR count). The molecule has 0 unspecified atom stereocenters. The second-order valence-corrected chi connectivity index (χ2v) is 7.09. The van der Waals surface area contributed by atoms with Gasteiger partial charge in [-0.3, -0.25) is 0 Å². The van der Waals surface area contributed by atoms with Crippen LogP contribution in [0.2, 0.25) is 0 Å². The number of fused-ring (bicyclic) bond motifs is 1. The zero-order valence-corrected chi connectivity index (χ0v) is 11.7. The predicted molar refractivity (Wildman–Crippen MR) is 71.6 cm³/mol. The van der Waals surface area contributed by atoms with Crippen molar-refractivity contribution in [1.29, 1.82) is 0 Å². The Balaban J connectivity index is 1.47. The summed E-state index contributed by atoms with van der Waals surface area (Å²) in [5.74, 6) is -0.0149. The number of aliphatic hydroxyl groups is 1. The molecule has 2 saturated heterocycles. The van der Waals surface area contributed by atoms with Crippen molar-refractivity contribution in [3.05, 3.63) is 0 Å². The smallest absolute Gasteiger partial charge is 0.198 e. The summed E-state index contributed by atoms with van der Waals surface area (Å²) in [5.41, 5.74) is 0. The lowest BCUT2D eigenvalue weighted by Gasteiger charge is -2.38. The van der Waals surface area contributed by atoms with Crippen LogP contribution in [0, 0.1) is 11.8 Å². The monoisotopic (exact) mass is 266 g/mol. The maximum absolute atomic E-state index is 11.0. The molecule has 2 aliphatic carbocycles. The van der Waals surface area contributed by atoms with E-state index in [-0.39, 0.29) is 18.3 Å². The topological polar surface area (TPSA) is 42.0 Å². The highest BCUT2D eigenvalue weighted by atomic mass is 16.7. The molecule has 3 nitrogen and oxygen atoms in total. The quantitative estimate of drug-likeness (QED) is 0.781. The maximum atomic E-state index is 11.0. The van der Waals surface area contributed by atoms with Gasteiger partial charge in [-0.25, -0.2) is 0 Å². The molecule has 108 valence electrons. The van der Waals surface area contributed by atoms with E-state index >= 15 is 0 Å². The molecular weight excluding hydrogens is 240 g/mol. The largest absolute Gasteiger partial charge is 0.363 e. The lowest BCUT2D eigenvalue weighted by molar-refractivity contribution is -0.273. The maximum Gasteiger partial charge on any atom is 0.198 e. The second kappa shape index (κ2) is 4.71. The van der Waals surface area contributed by atoms with Gasteiger partial charge < -0.3 is 14.6 Å². The van der Waals surface area contributed by atoms with E-state index < -0.39 is 5.79 Å². The Morgan fingerprint density at radius 2 is 1.42 bits per heavy atom. The summed E-state index contributed by atoms with van der Waals surface area (Å²) in [6.07, 6.45) is 12.9. The minimum absolute atomic E-state index is 0.0115. The lowest BCUT2D eigenvalue weighted by Crippen LogP contribution is -2.46. The molecule has 0 amide bonds. The summed E-state index contributed by atoms with van der Waals surface area (Å²) in [5, 5.41) is 11.0. The average Bonchev–Trinajstić information content (AvgIpc) is 3.22. The summed E-state index contributed by atoms with van der Waals surface area (Å²) in [4.78, 5) is 0. The van der Waals surface area contributed by atoms with Gasteiger partial charge in [0.2, 0.25) is 0 Å². The van der Waals surface area contributed by atoms with E-state index in [0.29, 0.717) is 11.8 Å². The summed E-state index contributed by atoms with van der Waals surface area (Å²) < 4.78 is 12.0. The van der Waals surface area contributed by atoms with Crippen LogP contribution < -0.4 is 0 Å². The van der Waals surface area contributed by atoms with Gasteiger partial charge in [0.15, 0.2) is 5.79 Å². The van der Waals surface area contributed by atoms with E-state index in [1.807, 2.05) is 0 Å². The van der Waals surface area contributed by atoms with Crippen LogP contribution in [0.3, 0.4) is 0 Å². The number of epoxide rings is 1. The normalized spacial score (nSPS) is 48.2. The van der Waals surface area contributed by atoms with Crippen molar-refractivity contribution in [3.8, 4) is 0 Å². The van der Waals surface area contributed by atoms with Gasteiger partial charge >= 0.3 is 0 Å². The van der Waals surface area contributed by atoms with Crippen molar-refractivity contribution in [2.75, 3.05) is 0 Å². The van der Waals surface area contributed by atoms with Crippen LogP contribution in [0.5, 0.6) is 0 Å². The third-order valence-corrected chi connectivity index (χ3v) is 5.89. The molecule has 2 aliphatic heterocycles. The first-order valence-electron chi connectivity index (χ1n) is 8.35. The number of rotatable bonds is 2. The molecule has 3 heteroatoms. The van der Waals surface area contributed by atoms with E-state index in [1.165, 1.54) is 51.4 Å². The lowest BCUT2D eigenvalue weighted by atomic mass is 9.81. The highest BCUT2D eigenvalue weighted by Crippen LogP contribution is 2.54. The van der Waals surface area contributed by atoms with Gasteiger partial charge in [-0.2, -0.15) is 0 Å². The first-order valence-corrected chi connectivity index (χ1v) is 8.35. The van der Waals surface area contributed by atoms with E-state index in [1.54, 1.807) is 0 Å². The summed E-state index contributed by atoms with van der Waals surface area (Å²) in [6.45, 7) is 0. The summed E-state index contributed by atoms with van der Waals surface area (Å²) in [6, 6.07) is 0. The molecular formula is C16H26O3.